The van der Waals surface area contributed by atoms with Crippen LogP contribution in [0.1, 0.15) is 18.4 Å². The van der Waals surface area contributed by atoms with Gasteiger partial charge in [0.25, 0.3) is 0 Å². The monoisotopic (exact) mass is 197 g/mol. The molecule has 0 aliphatic heterocycles. The fourth-order valence-electron chi connectivity index (χ4n) is 1.34. The summed E-state index contributed by atoms with van der Waals surface area (Å²) in [6.07, 6.45) is 0. The first-order chi connectivity index (χ1) is 6.70. The highest BCUT2D eigenvalue weighted by atomic mass is 16.6. The number of hydrogen-bond acceptors (Lipinski definition) is 4. The van der Waals surface area contributed by atoms with Gasteiger partial charge in [0, 0.05) is 11.5 Å². The molecular weight excluding hydrogens is 182 g/mol. The zero-order valence-electron chi connectivity index (χ0n) is 8.36. The van der Waals surface area contributed by atoms with Gasteiger partial charge in [-0.05, 0) is 6.07 Å². The number of nitrogens with two attached hydrogens (primary N) is 1. The average Bonchev–Trinajstić information content (AvgIpc) is 2.18. The third-order valence-electron chi connectivity index (χ3n) is 2.13. The predicted octanol–water partition coefficient (Wildman–Crippen LogP) is 1.39. The lowest BCUT2D eigenvalue weighted by Crippen LogP contribution is -2.08. The lowest BCUT2D eigenvalue weighted by atomic mass is 10.0. The van der Waals surface area contributed by atoms with Crippen molar-refractivity contribution >= 4 is 0 Å². The second-order valence-corrected chi connectivity index (χ2v) is 3.13. The highest BCUT2D eigenvalue weighted by Gasteiger charge is 2.13. The molecule has 0 radical (unpaired) electrons. The third-order valence-corrected chi connectivity index (χ3v) is 2.13. The standard InChI is InChI=1S/C10H15NO3/c1-7(6-14-11)8-4-3-5-9(13-2)10(8)12/h3-5,7,12H,6,11H2,1-2H3. The van der Waals surface area contributed by atoms with Gasteiger partial charge < -0.3 is 14.7 Å². The maximum atomic E-state index is 9.76. The van der Waals surface area contributed by atoms with Crippen LogP contribution in [0.2, 0.25) is 0 Å². The minimum absolute atomic E-state index is 0.0371. The van der Waals surface area contributed by atoms with E-state index in [1.54, 1.807) is 6.07 Å². The molecule has 0 heterocycles. The summed E-state index contributed by atoms with van der Waals surface area (Å²) in [5, 5.41) is 9.76. The Balaban J connectivity index is 2.96. The van der Waals surface area contributed by atoms with Crippen molar-refractivity contribution in [1.82, 2.24) is 0 Å². The molecule has 0 saturated carbocycles. The Hall–Kier alpha value is -1.26. The second kappa shape index (κ2) is 4.83. The predicted molar refractivity (Wildman–Crippen MR) is 53.2 cm³/mol. The van der Waals surface area contributed by atoms with Gasteiger partial charge in [-0.2, -0.15) is 0 Å². The lowest BCUT2D eigenvalue weighted by molar-refractivity contribution is 0.126. The zero-order chi connectivity index (χ0) is 10.6. The molecular formula is C10H15NO3. The van der Waals surface area contributed by atoms with E-state index in [9.17, 15) is 5.11 Å². The Kier molecular flexibility index (Phi) is 3.73. The smallest absolute Gasteiger partial charge is 0.161 e. The third kappa shape index (κ3) is 2.16. The molecule has 1 aromatic rings. The number of para-hydroxylation sites is 1. The molecule has 0 aliphatic carbocycles. The summed E-state index contributed by atoms with van der Waals surface area (Å²) in [6.45, 7) is 2.28. The highest BCUT2D eigenvalue weighted by molar-refractivity contribution is 5.46. The van der Waals surface area contributed by atoms with Crippen LogP contribution < -0.4 is 10.6 Å². The Morgan fingerprint density at radius 2 is 2.21 bits per heavy atom. The number of phenolic OH excluding ortho intramolecular Hbond substituents is 1. The quantitative estimate of drug-likeness (QED) is 0.716. The minimum atomic E-state index is 0.0371. The van der Waals surface area contributed by atoms with Crippen molar-refractivity contribution < 1.29 is 14.7 Å². The largest absolute Gasteiger partial charge is 0.504 e. The summed E-state index contributed by atoms with van der Waals surface area (Å²) in [7, 11) is 1.52. The van der Waals surface area contributed by atoms with Gasteiger partial charge >= 0.3 is 0 Å². The molecule has 78 valence electrons. The van der Waals surface area contributed by atoms with Crippen molar-refractivity contribution in [1.29, 1.82) is 0 Å². The Morgan fingerprint density at radius 3 is 2.79 bits per heavy atom. The van der Waals surface area contributed by atoms with E-state index in [-0.39, 0.29) is 11.7 Å². The maximum Gasteiger partial charge on any atom is 0.161 e. The molecule has 1 unspecified atom stereocenters. The number of hydrogen-bond donors (Lipinski definition) is 2. The molecule has 0 fully saturated rings. The first kappa shape index (κ1) is 10.8. The molecule has 0 amide bonds. The van der Waals surface area contributed by atoms with Crippen LogP contribution >= 0.6 is 0 Å². The molecule has 1 aromatic carbocycles. The molecule has 0 aliphatic rings. The van der Waals surface area contributed by atoms with E-state index < -0.39 is 0 Å². The van der Waals surface area contributed by atoms with Crippen LogP contribution in [-0.2, 0) is 4.84 Å². The number of phenols is 1. The van der Waals surface area contributed by atoms with Crippen molar-refractivity contribution in [3.05, 3.63) is 23.8 Å². The number of methoxy groups -OCH3 is 1. The number of aromatic hydroxyl groups is 1. The topological polar surface area (TPSA) is 64.7 Å². The molecule has 0 bridgehead atoms. The average molecular weight is 197 g/mol. The minimum Gasteiger partial charge on any atom is -0.504 e. The van der Waals surface area contributed by atoms with Crippen LogP contribution in [0.3, 0.4) is 0 Å². The summed E-state index contributed by atoms with van der Waals surface area (Å²) in [6, 6.07) is 5.34. The summed E-state index contributed by atoms with van der Waals surface area (Å²) >= 11 is 0. The second-order valence-electron chi connectivity index (χ2n) is 3.13. The first-order valence-electron chi connectivity index (χ1n) is 4.38. The first-order valence-corrected chi connectivity index (χ1v) is 4.38. The van der Waals surface area contributed by atoms with Gasteiger partial charge in [0.05, 0.1) is 13.7 Å². The lowest BCUT2D eigenvalue weighted by Gasteiger charge is -2.13. The van der Waals surface area contributed by atoms with E-state index in [0.29, 0.717) is 12.4 Å². The van der Waals surface area contributed by atoms with Gasteiger partial charge in [-0.25, -0.2) is 5.90 Å². The van der Waals surface area contributed by atoms with Crippen molar-refractivity contribution in [2.45, 2.75) is 12.8 Å². The van der Waals surface area contributed by atoms with E-state index in [2.05, 4.69) is 4.84 Å². The van der Waals surface area contributed by atoms with Gasteiger partial charge in [-0.15, -0.1) is 0 Å². The van der Waals surface area contributed by atoms with Gasteiger partial charge in [-0.3, -0.25) is 0 Å². The van der Waals surface area contributed by atoms with E-state index in [1.807, 2.05) is 19.1 Å². The van der Waals surface area contributed by atoms with Crippen LogP contribution in [0.4, 0.5) is 0 Å². The molecule has 0 saturated heterocycles. The molecule has 0 aromatic heterocycles. The summed E-state index contributed by atoms with van der Waals surface area (Å²) in [4.78, 5) is 4.53. The zero-order valence-corrected chi connectivity index (χ0v) is 8.36. The van der Waals surface area contributed by atoms with Gasteiger partial charge in [0.1, 0.15) is 0 Å². The number of benzene rings is 1. The van der Waals surface area contributed by atoms with E-state index in [0.717, 1.165) is 5.56 Å². The molecule has 1 rings (SSSR count). The Labute approximate surface area is 83.2 Å². The molecule has 4 heteroatoms. The summed E-state index contributed by atoms with van der Waals surface area (Å²) < 4.78 is 4.99. The molecule has 0 spiro atoms. The normalized spacial score (nSPS) is 12.5. The summed E-state index contributed by atoms with van der Waals surface area (Å²) in [5.41, 5.74) is 0.773. The number of ether oxygens (including phenoxy) is 1. The van der Waals surface area contributed by atoms with Crippen molar-refractivity contribution in [2.24, 2.45) is 5.90 Å². The van der Waals surface area contributed by atoms with E-state index >= 15 is 0 Å². The van der Waals surface area contributed by atoms with Crippen molar-refractivity contribution in [2.75, 3.05) is 13.7 Å². The van der Waals surface area contributed by atoms with Gasteiger partial charge in [0.15, 0.2) is 11.5 Å². The van der Waals surface area contributed by atoms with Crippen LogP contribution in [0.25, 0.3) is 0 Å². The SMILES string of the molecule is COc1cccc(C(C)CON)c1O. The maximum absolute atomic E-state index is 9.76. The van der Waals surface area contributed by atoms with Crippen LogP contribution in [0.5, 0.6) is 11.5 Å². The number of rotatable bonds is 4. The van der Waals surface area contributed by atoms with Crippen molar-refractivity contribution in [3.8, 4) is 11.5 Å². The fourth-order valence-corrected chi connectivity index (χ4v) is 1.34. The highest BCUT2D eigenvalue weighted by Crippen LogP contribution is 2.33. The summed E-state index contributed by atoms with van der Waals surface area (Å²) in [5.74, 6) is 5.63. The van der Waals surface area contributed by atoms with Crippen LogP contribution in [0, 0.1) is 0 Å². The molecule has 1 atom stereocenters. The van der Waals surface area contributed by atoms with Gasteiger partial charge in [-0.1, -0.05) is 19.1 Å². The van der Waals surface area contributed by atoms with Gasteiger partial charge in [0.2, 0.25) is 0 Å². The van der Waals surface area contributed by atoms with Crippen LogP contribution in [-0.4, -0.2) is 18.8 Å². The molecule has 4 nitrogen and oxygen atoms in total. The van der Waals surface area contributed by atoms with Crippen molar-refractivity contribution in [3.63, 3.8) is 0 Å². The fraction of sp³-hybridized carbons (Fsp3) is 0.400. The Bertz CT molecular complexity index is 301. The van der Waals surface area contributed by atoms with E-state index in [1.165, 1.54) is 7.11 Å². The Morgan fingerprint density at radius 1 is 1.50 bits per heavy atom. The van der Waals surface area contributed by atoms with Crippen LogP contribution in [0.15, 0.2) is 18.2 Å². The molecule has 3 N–H and O–H groups in total. The van der Waals surface area contributed by atoms with E-state index in [4.69, 9.17) is 10.6 Å². The molecule has 14 heavy (non-hydrogen) atoms.